The molecule has 24 heavy (non-hydrogen) atoms. The lowest BCUT2D eigenvalue weighted by Gasteiger charge is -2.35. The highest BCUT2D eigenvalue weighted by atomic mass is 32.2. The molecule has 134 valence electrons. The highest BCUT2D eigenvalue weighted by Crippen LogP contribution is 2.28. The SMILES string of the molecule is CCC(=O)NCCS(=O)(=O)N1CCN(c2ccccc2OC)CC1. The highest BCUT2D eigenvalue weighted by Gasteiger charge is 2.27. The minimum Gasteiger partial charge on any atom is -0.495 e. The van der Waals surface area contributed by atoms with E-state index in [1.165, 1.54) is 4.31 Å². The maximum atomic E-state index is 12.4. The first-order valence-electron chi connectivity index (χ1n) is 8.10. The summed E-state index contributed by atoms with van der Waals surface area (Å²) >= 11 is 0. The lowest BCUT2D eigenvalue weighted by atomic mass is 10.2. The zero-order valence-electron chi connectivity index (χ0n) is 14.2. The van der Waals surface area contributed by atoms with Gasteiger partial charge in [0.15, 0.2) is 0 Å². The summed E-state index contributed by atoms with van der Waals surface area (Å²) in [5.74, 6) is 0.593. The van der Waals surface area contributed by atoms with E-state index in [0.717, 1.165) is 11.4 Å². The van der Waals surface area contributed by atoms with Crippen LogP contribution in [-0.4, -0.2) is 64.2 Å². The van der Waals surface area contributed by atoms with E-state index in [-0.39, 0.29) is 18.2 Å². The van der Waals surface area contributed by atoms with Crippen molar-refractivity contribution in [3.8, 4) is 5.75 Å². The molecule has 0 saturated carbocycles. The van der Waals surface area contributed by atoms with Crippen molar-refractivity contribution in [2.45, 2.75) is 13.3 Å². The minimum absolute atomic E-state index is 0.0621. The molecule has 0 unspecified atom stereocenters. The molecular weight excluding hydrogens is 330 g/mol. The molecule has 0 aromatic heterocycles. The Labute approximate surface area is 143 Å². The topological polar surface area (TPSA) is 79.0 Å². The molecule has 0 radical (unpaired) electrons. The van der Waals surface area contributed by atoms with Crippen LogP contribution in [0.5, 0.6) is 5.75 Å². The second-order valence-electron chi connectivity index (χ2n) is 5.58. The first-order valence-corrected chi connectivity index (χ1v) is 9.71. The molecule has 1 amide bonds. The van der Waals surface area contributed by atoms with Crippen LogP contribution in [0.1, 0.15) is 13.3 Å². The van der Waals surface area contributed by atoms with Crippen molar-refractivity contribution in [1.82, 2.24) is 9.62 Å². The highest BCUT2D eigenvalue weighted by molar-refractivity contribution is 7.89. The fourth-order valence-corrected chi connectivity index (χ4v) is 4.01. The third-order valence-corrected chi connectivity index (χ3v) is 5.93. The Balaban J connectivity index is 1.91. The van der Waals surface area contributed by atoms with Crippen molar-refractivity contribution >= 4 is 21.6 Å². The average molecular weight is 355 g/mol. The third kappa shape index (κ3) is 4.61. The number of amides is 1. The first-order chi connectivity index (χ1) is 11.5. The molecule has 1 aromatic rings. The molecule has 7 nitrogen and oxygen atoms in total. The summed E-state index contributed by atoms with van der Waals surface area (Å²) < 4.78 is 31.6. The normalized spacial score (nSPS) is 16.0. The second-order valence-corrected chi connectivity index (χ2v) is 7.67. The van der Waals surface area contributed by atoms with Crippen LogP contribution in [0.4, 0.5) is 5.69 Å². The van der Waals surface area contributed by atoms with E-state index in [2.05, 4.69) is 10.2 Å². The van der Waals surface area contributed by atoms with Crippen molar-refractivity contribution in [1.29, 1.82) is 0 Å². The summed E-state index contributed by atoms with van der Waals surface area (Å²) in [5.41, 5.74) is 0.979. The van der Waals surface area contributed by atoms with E-state index in [0.29, 0.717) is 32.6 Å². The maximum absolute atomic E-state index is 12.4. The van der Waals surface area contributed by atoms with Crippen LogP contribution in [0.3, 0.4) is 0 Å². The Morgan fingerprint density at radius 3 is 2.50 bits per heavy atom. The Hall–Kier alpha value is -1.80. The summed E-state index contributed by atoms with van der Waals surface area (Å²) in [5, 5.41) is 2.61. The van der Waals surface area contributed by atoms with Gasteiger partial charge >= 0.3 is 0 Å². The van der Waals surface area contributed by atoms with Crippen molar-refractivity contribution in [3.63, 3.8) is 0 Å². The van der Waals surface area contributed by atoms with Crippen LogP contribution in [-0.2, 0) is 14.8 Å². The monoisotopic (exact) mass is 355 g/mol. The van der Waals surface area contributed by atoms with Gasteiger partial charge in [-0.05, 0) is 12.1 Å². The number of anilines is 1. The van der Waals surface area contributed by atoms with Gasteiger partial charge in [0.2, 0.25) is 15.9 Å². The van der Waals surface area contributed by atoms with E-state index in [1.54, 1.807) is 14.0 Å². The molecule has 1 saturated heterocycles. The number of nitrogens with one attached hydrogen (secondary N) is 1. The molecule has 1 fully saturated rings. The van der Waals surface area contributed by atoms with Crippen molar-refractivity contribution in [2.24, 2.45) is 0 Å². The fourth-order valence-electron chi connectivity index (χ4n) is 2.67. The van der Waals surface area contributed by atoms with E-state index in [4.69, 9.17) is 4.74 Å². The number of sulfonamides is 1. The van der Waals surface area contributed by atoms with Crippen LogP contribution < -0.4 is 15.0 Å². The molecule has 1 N–H and O–H groups in total. The number of para-hydroxylation sites is 2. The van der Waals surface area contributed by atoms with Crippen molar-refractivity contribution in [3.05, 3.63) is 24.3 Å². The summed E-state index contributed by atoms with van der Waals surface area (Å²) in [4.78, 5) is 13.3. The summed E-state index contributed by atoms with van der Waals surface area (Å²) in [6.07, 6.45) is 0.359. The number of hydrogen-bond acceptors (Lipinski definition) is 5. The van der Waals surface area contributed by atoms with Crippen LogP contribution in [0.25, 0.3) is 0 Å². The van der Waals surface area contributed by atoms with E-state index >= 15 is 0 Å². The van der Waals surface area contributed by atoms with Crippen LogP contribution in [0.2, 0.25) is 0 Å². The number of rotatable bonds is 7. The first kappa shape index (κ1) is 18.5. The molecule has 8 heteroatoms. The summed E-state index contributed by atoms with van der Waals surface area (Å²) in [6, 6.07) is 7.73. The fraction of sp³-hybridized carbons (Fsp3) is 0.562. The standard InChI is InChI=1S/C16H25N3O4S/c1-3-16(20)17-8-13-24(21,22)19-11-9-18(10-12-19)14-6-4-5-7-15(14)23-2/h4-7H,3,8-13H2,1-2H3,(H,17,20). The van der Waals surface area contributed by atoms with Gasteiger partial charge in [0.1, 0.15) is 5.75 Å². The van der Waals surface area contributed by atoms with Gasteiger partial charge in [-0.1, -0.05) is 19.1 Å². The van der Waals surface area contributed by atoms with Gasteiger partial charge in [-0.2, -0.15) is 4.31 Å². The molecule has 1 aliphatic rings. The predicted octanol–water partition coefficient (Wildman–Crippen LogP) is 0.673. The Morgan fingerprint density at radius 2 is 1.88 bits per heavy atom. The molecule has 0 bridgehead atoms. The zero-order chi connectivity index (χ0) is 17.6. The van der Waals surface area contributed by atoms with Gasteiger partial charge in [0.25, 0.3) is 0 Å². The lowest BCUT2D eigenvalue weighted by molar-refractivity contribution is -0.120. The molecule has 2 rings (SSSR count). The molecule has 0 aliphatic carbocycles. The number of methoxy groups -OCH3 is 1. The smallest absolute Gasteiger partial charge is 0.219 e. The molecule has 0 atom stereocenters. The van der Waals surface area contributed by atoms with Crippen molar-refractivity contribution < 1.29 is 17.9 Å². The number of ether oxygens (including phenoxy) is 1. The van der Waals surface area contributed by atoms with Crippen molar-refractivity contribution in [2.75, 3.05) is 50.5 Å². The molecule has 0 spiro atoms. The number of carbonyl (C=O) groups excluding carboxylic acids is 1. The van der Waals surface area contributed by atoms with Crippen LogP contribution in [0.15, 0.2) is 24.3 Å². The largest absolute Gasteiger partial charge is 0.495 e. The quantitative estimate of drug-likeness (QED) is 0.778. The summed E-state index contributed by atoms with van der Waals surface area (Å²) in [6.45, 7) is 3.98. The third-order valence-electron chi connectivity index (χ3n) is 4.06. The molecule has 1 aromatic carbocycles. The Kier molecular flexibility index (Phi) is 6.44. The average Bonchev–Trinajstić information content (AvgIpc) is 2.61. The number of piperazine rings is 1. The number of carbonyl (C=O) groups is 1. The van der Waals surface area contributed by atoms with Crippen LogP contribution >= 0.6 is 0 Å². The number of benzene rings is 1. The summed E-state index contributed by atoms with van der Waals surface area (Å²) in [7, 11) is -1.72. The van der Waals surface area contributed by atoms with E-state index in [9.17, 15) is 13.2 Å². The predicted molar refractivity (Wildman–Crippen MR) is 93.9 cm³/mol. The van der Waals surface area contributed by atoms with E-state index in [1.807, 2.05) is 24.3 Å². The second kappa shape index (κ2) is 8.34. The van der Waals surface area contributed by atoms with Gasteiger partial charge in [0.05, 0.1) is 18.6 Å². The van der Waals surface area contributed by atoms with Gasteiger partial charge in [-0.25, -0.2) is 8.42 Å². The Bertz CT molecular complexity index is 655. The van der Waals surface area contributed by atoms with Gasteiger partial charge < -0.3 is 15.0 Å². The molecular formula is C16H25N3O4S. The van der Waals surface area contributed by atoms with Gasteiger partial charge in [-0.15, -0.1) is 0 Å². The molecule has 1 heterocycles. The number of hydrogen-bond donors (Lipinski definition) is 1. The minimum atomic E-state index is -3.35. The zero-order valence-corrected chi connectivity index (χ0v) is 15.0. The lowest BCUT2D eigenvalue weighted by Crippen LogP contribution is -2.50. The molecule has 1 aliphatic heterocycles. The van der Waals surface area contributed by atoms with E-state index < -0.39 is 10.0 Å². The maximum Gasteiger partial charge on any atom is 0.219 e. The van der Waals surface area contributed by atoms with Gasteiger partial charge in [-0.3, -0.25) is 4.79 Å². The number of nitrogens with zero attached hydrogens (tertiary/aromatic N) is 2. The van der Waals surface area contributed by atoms with Crippen LogP contribution in [0, 0.1) is 0 Å². The van der Waals surface area contributed by atoms with Gasteiger partial charge in [0, 0.05) is 39.1 Å². The Morgan fingerprint density at radius 1 is 1.21 bits per heavy atom.